The summed E-state index contributed by atoms with van der Waals surface area (Å²) >= 11 is 0. The second-order valence-electron chi connectivity index (χ2n) is 12.0. The van der Waals surface area contributed by atoms with Gasteiger partial charge >= 0.3 is 6.09 Å². The van der Waals surface area contributed by atoms with Crippen molar-refractivity contribution in [3.05, 3.63) is 5.82 Å². The normalized spacial score (nSPS) is 30.0. The van der Waals surface area contributed by atoms with E-state index in [0.717, 1.165) is 29.7 Å². The SMILES string of the molecule is CC1CCC(C(C)n2c(N3CCOC[C@H]3C)nc3nc(C4NOC(=O)N4)nc(N[C@H](C)C4CCC4)c32)CC1. The van der Waals surface area contributed by atoms with E-state index in [9.17, 15) is 4.79 Å². The fourth-order valence-corrected chi connectivity index (χ4v) is 6.51. The Balaban J connectivity index is 1.48. The van der Waals surface area contributed by atoms with Gasteiger partial charge < -0.3 is 24.4 Å². The predicted molar refractivity (Wildman–Crippen MR) is 145 cm³/mol. The van der Waals surface area contributed by atoms with E-state index in [4.69, 9.17) is 24.5 Å². The highest BCUT2D eigenvalue weighted by atomic mass is 16.7. The molecule has 4 atom stereocenters. The third kappa shape index (κ3) is 4.79. The number of amides is 1. The highest BCUT2D eigenvalue weighted by Gasteiger charge is 2.35. The van der Waals surface area contributed by atoms with Gasteiger partial charge in [-0.2, -0.15) is 4.98 Å². The van der Waals surface area contributed by atoms with E-state index in [0.29, 0.717) is 36.5 Å². The number of rotatable bonds is 7. The number of fused-ring (bicyclic) bond motifs is 1. The molecule has 3 N–H and O–H groups in total. The van der Waals surface area contributed by atoms with E-state index < -0.39 is 12.3 Å². The zero-order valence-electron chi connectivity index (χ0n) is 23.1. The Morgan fingerprint density at radius 3 is 2.47 bits per heavy atom. The Labute approximate surface area is 224 Å². The van der Waals surface area contributed by atoms with Gasteiger partial charge in [-0.1, -0.05) is 26.2 Å². The lowest BCUT2D eigenvalue weighted by Crippen LogP contribution is -2.45. The van der Waals surface area contributed by atoms with Crippen molar-refractivity contribution in [2.45, 2.75) is 96.9 Å². The van der Waals surface area contributed by atoms with Gasteiger partial charge in [-0.15, -0.1) is 5.48 Å². The first-order valence-electron chi connectivity index (χ1n) is 14.5. The number of anilines is 2. The number of aromatic nitrogens is 4. The van der Waals surface area contributed by atoms with Crippen LogP contribution in [0.4, 0.5) is 16.6 Å². The summed E-state index contributed by atoms with van der Waals surface area (Å²) in [5, 5.41) is 6.50. The van der Waals surface area contributed by atoms with Gasteiger partial charge in [0.1, 0.15) is 5.52 Å². The average Bonchev–Trinajstić information content (AvgIpc) is 3.47. The molecule has 2 aromatic rings. The summed E-state index contributed by atoms with van der Waals surface area (Å²) in [6, 6.07) is 0.732. The molecule has 2 unspecified atom stereocenters. The predicted octanol–water partition coefficient (Wildman–Crippen LogP) is 4.28. The van der Waals surface area contributed by atoms with Gasteiger partial charge in [0.15, 0.2) is 23.5 Å². The molecule has 0 aromatic carbocycles. The molecule has 0 bridgehead atoms. The summed E-state index contributed by atoms with van der Waals surface area (Å²) < 4.78 is 8.18. The van der Waals surface area contributed by atoms with E-state index in [1.807, 2.05) is 0 Å². The second kappa shape index (κ2) is 10.5. The molecular weight excluding hydrogens is 484 g/mol. The lowest BCUT2D eigenvalue weighted by Gasteiger charge is -2.38. The number of nitrogens with zero attached hydrogens (tertiary/aromatic N) is 5. The first-order chi connectivity index (χ1) is 18.4. The van der Waals surface area contributed by atoms with Crippen LogP contribution in [0.15, 0.2) is 0 Å². The standard InChI is InChI=1S/C27H42N8O3/c1-15-8-10-20(11-9-15)18(4)35-21-22(28-17(3)19-6-5-7-19)29-24(25-32-27(36)38-33-25)30-23(21)31-26(35)34-12-13-37-14-16(34)2/h15-20,25,33H,5-14H2,1-4H3,(H,32,36)(H,28,29,30)/t15?,16-,17-,18?,20?,25?/m1/s1. The topological polar surface area (TPSA) is 118 Å². The molecule has 11 heteroatoms. The Morgan fingerprint density at radius 1 is 1.03 bits per heavy atom. The van der Waals surface area contributed by atoms with Crippen LogP contribution in [-0.2, 0) is 9.57 Å². The van der Waals surface area contributed by atoms with Crippen LogP contribution in [0.1, 0.15) is 90.7 Å². The van der Waals surface area contributed by atoms with E-state index in [-0.39, 0.29) is 18.1 Å². The van der Waals surface area contributed by atoms with E-state index in [1.54, 1.807) is 0 Å². The highest BCUT2D eigenvalue weighted by molar-refractivity contribution is 5.86. The second-order valence-corrected chi connectivity index (χ2v) is 12.0. The smallest absolute Gasteiger partial charge is 0.377 e. The summed E-state index contributed by atoms with van der Waals surface area (Å²) in [7, 11) is 0. The van der Waals surface area contributed by atoms with Crippen LogP contribution in [0.3, 0.4) is 0 Å². The van der Waals surface area contributed by atoms with Gasteiger partial charge in [0, 0.05) is 18.6 Å². The van der Waals surface area contributed by atoms with E-state index in [2.05, 4.69) is 53.3 Å². The van der Waals surface area contributed by atoms with Gasteiger partial charge in [0.05, 0.1) is 19.3 Å². The number of hydrogen-bond donors (Lipinski definition) is 3. The van der Waals surface area contributed by atoms with Crippen LogP contribution in [0.25, 0.3) is 11.2 Å². The Bertz CT molecular complexity index is 1160. The molecule has 4 heterocycles. The number of hydrogen-bond acceptors (Lipinski definition) is 9. The molecule has 2 saturated carbocycles. The lowest BCUT2D eigenvalue weighted by atomic mass is 9.79. The number of carbonyl (C=O) groups is 1. The average molecular weight is 527 g/mol. The molecule has 38 heavy (non-hydrogen) atoms. The third-order valence-electron chi connectivity index (χ3n) is 9.33. The van der Waals surface area contributed by atoms with Crippen molar-refractivity contribution in [3.8, 4) is 0 Å². The van der Waals surface area contributed by atoms with Gasteiger partial charge in [-0.25, -0.2) is 14.8 Å². The zero-order chi connectivity index (χ0) is 26.4. The first-order valence-corrected chi connectivity index (χ1v) is 14.5. The summed E-state index contributed by atoms with van der Waals surface area (Å²) in [4.78, 5) is 34.1. The minimum atomic E-state index is -0.625. The van der Waals surface area contributed by atoms with E-state index >= 15 is 0 Å². The van der Waals surface area contributed by atoms with Crippen LogP contribution in [0.5, 0.6) is 0 Å². The van der Waals surface area contributed by atoms with Crippen LogP contribution >= 0.6 is 0 Å². The van der Waals surface area contributed by atoms with Crippen molar-refractivity contribution in [2.75, 3.05) is 30.0 Å². The number of carbonyl (C=O) groups excluding carboxylic acids is 1. The molecular formula is C27H42N8O3. The van der Waals surface area contributed by atoms with E-state index in [1.165, 1.54) is 44.9 Å². The fraction of sp³-hybridized carbons (Fsp3) is 0.778. The number of ether oxygens (including phenoxy) is 1. The maximum atomic E-state index is 11.8. The van der Waals surface area contributed by atoms with Crippen molar-refractivity contribution >= 4 is 29.0 Å². The number of morpholine rings is 1. The lowest BCUT2D eigenvalue weighted by molar-refractivity contribution is 0.0972. The number of hydroxylamine groups is 1. The molecule has 0 spiro atoms. The number of imidazole rings is 1. The number of nitrogens with one attached hydrogen (secondary N) is 3. The van der Waals surface area contributed by atoms with Crippen molar-refractivity contribution in [1.29, 1.82) is 0 Å². The fourth-order valence-electron chi connectivity index (χ4n) is 6.51. The van der Waals surface area contributed by atoms with Crippen molar-refractivity contribution < 1.29 is 14.4 Å². The third-order valence-corrected chi connectivity index (χ3v) is 9.33. The molecule has 1 amide bonds. The summed E-state index contributed by atoms with van der Waals surface area (Å²) in [6.07, 6.45) is 7.55. The van der Waals surface area contributed by atoms with Crippen molar-refractivity contribution in [1.82, 2.24) is 30.3 Å². The molecule has 2 aromatic heterocycles. The molecule has 2 saturated heterocycles. The Hall–Kier alpha value is -2.66. The first kappa shape index (κ1) is 25.6. The van der Waals surface area contributed by atoms with Crippen LogP contribution in [0.2, 0.25) is 0 Å². The molecule has 11 nitrogen and oxygen atoms in total. The monoisotopic (exact) mass is 526 g/mol. The minimum absolute atomic E-state index is 0.208. The molecule has 4 aliphatic rings. The summed E-state index contributed by atoms with van der Waals surface area (Å²) in [5.41, 5.74) is 4.30. The van der Waals surface area contributed by atoms with Gasteiger partial charge in [-0.3, -0.25) is 5.32 Å². The zero-order valence-corrected chi connectivity index (χ0v) is 23.1. The van der Waals surface area contributed by atoms with Gasteiger partial charge in [0.2, 0.25) is 5.95 Å². The quantitative estimate of drug-likeness (QED) is 0.486. The molecule has 0 radical (unpaired) electrons. The van der Waals surface area contributed by atoms with Gasteiger partial charge in [-0.05, 0) is 64.2 Å². The maximum absolute atomic E-state index is 11.8. The summed E-state index contributed by atoms with van der Waals surface area (Å²) in [6.45, 7) is 11.3. The van der Waals surface area contributed by atoms with Crippen molar-refractivity contribution in [3.63, 3.8) is 0 Å². The largest absolute Gasteiger partial charge is 0.427 e. The highest BCUT2D eigenvalue weighted by Crippen LogP contribution is 2.41. The molecule has 4 fully saturated rings. The van der Waals surface area contributed by atoms with Crippen LogP contribution < -0.4 is 21.0 Å². The van der Waals surface area contributed by atoms with Crippen LogP contribution in [0, 0.1) is 17.8 Å². The summed E-state index contributed by atoms with van der Waals surface area (Å²) in [5.74, 6) is 4.15. The van der Waals surface area contributed by atoms with Crippen LogP contribution in [-0.4, -0.2) is 57.5 Å². The Morgan fingerprint density at radius 2 is 1.82 bits per heavy atom. The minimum Gasteiger partial charge on any atom is -0.377 e. The van der Waals surface area contributed by atoms with Crippen molar-refractivity contribution in [2.24, 2.45) is 17.8 Å². The molecule has 6 rings (SSSR count). The Kier molecular flexibility index (Phi) is 7.07. The molecule has 2 aliphatic heterocycles. The molecule has 2 aliphatic carbocycles. The van der Waals surface area contributed by atoms with Gasteiger partial charge in [0.25, 0.3) is 0 Å². The molecule has 208 valence electrons. The maximum Gasteiger partial charge on any atom is 0.427 e.